The number of hydrogen-bond donors (Lipinski definition) is 1. The summed E-state index contributed by atoms with van der Waals surface area (Å²) in [5.74, 6) is 0.157. The molecule has 80 valence electrons. The molecular weight excluding hydrogens is 256 g/mol. The van der Waals surface area contributed by atoms with Gasteiger partial charge in [-0.2, -0.15) is 0 Å². The monoisotopic (exact) mass is 268 g/mol. The predicted molar refractivity (Wildman–Crippen MR) is 64.0 cm³/mol. The van der Waals surface area contributed by atoms with Crippen LogP contribution < -0.4 is 10.2 Å². The Morgan fingerprint density at radius 1 is 1.53 bits per heavy atom. The van der Waals surface area contributed by atoms with Crippen LogP contribution in [0.2, 0.25) is 0 Å². The molecule has 0 spiro atoms. The van der Waals surface area contributed by atoms with Crippen molar-refractivity contribution in [3.63, 3.8) is 0 Å². The van der Waals surface area contributed by atoms with Crippen LogP contribution in [0.15, 0.2) is 22.7 Å². The first-order valence-electron chi connectivity index (χ1n) is 4.86. The number of benzene rings is 1. The average molecular weight is 269 g/mol. The van der Waals surface area contributed by atoms with Crippen LogP contribution in [0.1, 0.15) is 18.0 Å². The highest BCUT2D eigenvalue weighted by atomic mass is 79.9. The van der Waals surface area contributed by atoms with Crippen molar-refractivity contribution in [2.75, 3.05) is 19.0 Å². The molecule has 1 heterocycles. The quantitative estimate of drug-likeness (QED) is 0.846. The Bertz CT molecular complexity index is 406. The van der Waals surface area contributed by atoms with Gasteiger partial charge in [0.25, 0.3) is 0 Å². The molecule has 0 fully saturated rings. The van der Waals surface area contributed by atoms with Crippen molar-refractivity contribution in [1.82, 2.24) is 5.32 Å². The van der Waals surface area contributed by atoms with Gasteiger partial charge in [-0.3, -0.25) is 4.79 Å². The Morgan fingerprint density at radius 3 is 2.93 bits per heavy atom. The van der Waals surface area contributed by atoms with Gasteiger partial charge in [0.05, 0.1) is 0 Å². The van der Waals surface area contributed by atoms with Gasteiger partial charge in [-0.15, -0.1) is 0 Å². The number of carbonyl (C=O) groups excluding carboxylic acids is 1. The van der Waals surface area contributed by atoms with E-state index in [0.717, 1.165) is 10.2 Å². The van der Waals surface area contributed by atoms with Crippen LogP contribution in [0.5, 0.6) is 0 Å². The minimum atomic E-state index is 0.126. The van der Waals surface area contributed by atoms with Crippen molar-refractivity contribution < 1.29 is 4.79 Å². The standard InChI is InChI=1S/C11H13BrN2O/c1-13-9-6-11(15)14(2)10-4-3-7(12)5-8(9)10/h3-5,9,13H,6H2,1-2H3. The SMILES string of the molecule is CNC1CC(=O)N(C)c2ccc(Br)cc21. The van der Waals surface area contributed by atoms with E-state index in [0.29, 0.717) is 6.42 Å². The van der Waals surface area contributed by atoms with E-state index in [1.165, 1.54) is 5.56 Å². The molecule has 1 amide bonds. The molecule has 0 radical (unpaired) electrons. The van der Waals surface area contributed by atoms with Crippen molar-refractivity contribution in [3.8, 4) is 0 Å². The Hall–Kier alpha value is -0.870. The van der Waals surface area contributed by atoms with Crippen molar-refractivity contribution >= 4 is 27.5 Å². The summed E-state index contributed by atoms with van der Waals surface area (Å²) in [6.45, 7) is 0. The summed E-state index contributed by atoms with van der Waals surface area (Å²) in [5.41, 5.74) is 2.17. The maximum atomic E-state index is 11.7. The Morgan fingerprint density at radius 2 is 2.27 bits per heavy atom. The molecule has 1 N–H and O–H groups in total. The first kappa shape index (κ1) is 10.6. The van der Waals surface area contributed by atoms with Crippen molar-refractivity contribution in [2.24, 2.45) is 0 Å². The first-order chi connectivity index (χ1) is 7.13. The first-order valence-corrected chi connectivity index (χ1v) is 5.66. The van der Waals surface area contributed by atoms with E-state index >= 15 is 0 Å². The Balaban J connectivity index is 2.53. The number of nitrogens with zero attached hydrogens (tertiary/aromatic N) is 1. The lowest BCUT2D eigenvalue weighted by Crippen LogP contribution is -2.36. The smallest absolute Gasteiger partial charge is 0.228 e. The lowest BCUT2D eigenvalue weighted by atomic mass is 9.96. The summed E-state index contributed by atoms with van der Waals surface area (Å²) < 4.78 is 1.05. The number of nitrogens with one attached hydrogen (secondary N) is 1. The van der Waals surface area contributed by atoms with Crippen LogP contribution in [-0.2, 0) is 4.79 Å². The number of carbonyl (C=O) groups is 1. The normalized spacial score (nSPS) is 20.3. The molecule has 2 rings (SSSR count). The van der Waals surface area contributed by atoms with E-state index in [2.05, 4.69) is 27.3 Å². The van der Waals surface area contributed by atoms with Gasteiger partial charge in [-0.05, 0) is 30.8 Å². The molecule has 4 heteroatoms. The third-order valence-electron chi connectivity index (χ3n) is 2.83. The summed E-state index contributed by atoms with van der Waals surface area (Å²) in [5, 5.41) is 3.17. The zero-order valence-electron chi connectivity index (χ0n) is 8.75. The van der Waals surface area contributed by atoms with Crippen LogP contribution in [0, 0.1) is 0 Å². The number of anilines is 1. The minimum Gasteiger partial charge on any atom is -0.315 e. The predicted octanol–water partition coefficient (Wildman–Crippen LogP) is 2.08. The molecule has 1 aliphatic heterocycles. The molecule has 1 aliphatic rings. The van der Waals surface area contributed by atoms with E-state index < -0.39 is 0 Å². The fraction of sp³-hybridized carbons (Fsp3) is 0.364. The lowest BCUT2D eigenvalue weighted by Gasteiger charge is -2.31. The second-order valence-electron chi connectivity index (χ2n) is 3.70. The Labute approximate surface area is 97.6 Å². The van der Waals surface area contributed by atoms with E-state index in [9.17, 15) is 4.79 Å². The second-order valence-corrected chi connectivity index (χ2v) is 4.62. The molecule has 1 aromatic rings. The average Bonchev–Trinajstić information content (AvgIpc) is 2.23. The van der Waals surface area contributed by atoms with Crippen molar-refractivity contribution in [2.45, 2.75) is 12.5 Å². The topological polar surface area (TPSA) is 32.3 Å². The number of rotatable bonds is 1. The van der Waals surface area contributed by atoms with Gasteiger partial charge in [-0.1, -0.05) is 15.9 Å². The number of amides is 1. The van der Waals surface area contributed by atoms with Gasteiger partial charge in [0.15, 0.2) is 0 Å². The highest BCUT2D eigenvalue weighted by Crippen LogP contribution is 2.35. The molecule has 0 saturated heterocycles. The highest BCUT2D eigenvalue weighted by molar-refractivity contribution is 9.10. The van der Waals surface area contributed by atoms with Crippen LogP contribution in [0.25, 0.3) is 0 Å². The summed E-state index contributed by atoms with van der Waals surface area (Å²) in [7, 11) is 3.70. The maximum absolute atomic E-state index is 11.7. The van der Waals surface area contributed by atoms with Gasteiger partial charge in [0.1, 0.15) is 0 Å². The van der Waals surface area contributed by atoms with Gasteiger partial charge < -0.3 is 10.2 Å². The van der Waals surface area contributed by atoms with E-state index in [4.69, 9.17) is 0 Å². The third kappa shape index (κ3) is 1.79. The second kappa shape index (κ2) is 3.94. The fourth-order valence-corrected chi connectivity index (χ4v) is 2.30. The van der Waals surface area contributed by atoms with E-state index in [1.807, 2.05) is 26.2 Å². The third-order valence-corrected chi connectivity index (χ3v) is 3.32. The zero-order chi connectivity index (χ0) is 11.0. The molecule has 1 atom stereocenters. The van der Waals surface area contributed by atoms with Crippen LogP contribution >= 0.6 is 15.9 Å². The molecule has 3 nitrogen and oxygen atoms in total. The lowest BCUT2D eigenvalue weighted by molar-refractivity contribution is -0.119. The summed E-state index contributed by atoms with van der Waals surface area (Å²) in [4.78, 5) is 13.4. The highest BCUT2D eigenvalue weighted by Gasteiger charge is 2.27. The molecule has 0 bridgehead atoms. The van der Waals surface area contributed by atoms with Crippen molar-refractivity contribution in [1.29, 1.82) is 0 Å². The molecule has 0 aliphatic carbocycles. The van der Waals surface area contributed by atoms with Crippen LogP contribution in [0.3, 0.4) is 0 Å². The fourth-order valence-electron chi connectivity index (χ4n) is 1.92. The zero-order valence-corrected chi connectivity index (χ0v) is 10.3. The molecule has 15 heavy (non-hydrogen) atoms. The summed E-state index contributed by atoms with van der Waals surface area (Å²) in [6, 6.07) is 6.13. The van der Waals surface area contributed by atoms with Gasteiger partial charge in [0.2, 0.25) is 5.91 Å². The van der Waals surface area contributed by atoms with Gasteiger partial charge in [0, 0.05) is 29.7 Å². The largest absolute Gasteiger partial charge is 0.315 e. The number of halogens is 1. The van der Waals surface area contributed by atoms with Gasteiger partial charge >= 0.3 is 0 Å². The Kier molecular flexibility index (Phi) is 2.80. The summed E-state index contributed by atoms with van der Waals surface area (Å²) >= 11 is 3.45. The molecule has 0 saturated carbocycles. The molecular formula is C11H13BrN2O. The number of fused-ring (bicyclic) bond motifs is 1. The van der Waals surface area contributed by atoms with Crippen LogP contribution in [0.4, 0.5) is 5.69 Å². The van der Waals surface area contributed by atoms with E-state index in [-0.39, 0.29) is 11.9 Å². The molecule has 0 aromatic heterocycles. The summed E-state index contributed by atoms with van der Waals surface area (Å²) in [6.07, 6.45) is 0.524. The minimum absolute atomic E-state index is 0.126. The van der Waals surface area contributed by atoms with Crippen molar-refractivity contribution in [3.05, 3.63) is 28.2 Å². The molecule has 1 unspecified atom stereocenters. The molecule has 1 aromatic carbocycles. The number of hydrogen-bond acceptors (Lipinski definition) is 2. The van der Waals surface area contributed by atoms with Crippen LogP contribution in [-0.4, -0.2) is 20.0 Å². The van der Waals surface area contributed by atoms with E-state index in [1.54, 1.807) is 4.90 Å². The van der Waals surface area contributed by atoms with Gasteiger partial charge in [-0.25, -0.2) is 0 Å². The maximum Gasteiger partial charge on any atom is 0.228 e.